The fourth-order valence-corrected chi connectivity index (χ4v) is 0.509. The summed E-state index contributed by atoms with van der Waals surface area (Å²) in [5.74, 6) is 4.68. The molecule has 0 radical (unpaired) electrons. The van der Waals surface area contributed by atoms with Crippen molar-refractivity contribution in [3.05, 3.63) is 11.9 Å². The molecule has 0 aliphatic heterocycles. The molecule has 0 heterocycles. The van der Waals surface area contributed by atoms with Crippen molar-refractivity contribution in [2.45, 2.75) is 0 Å². The number of nitrogens with two attached hydrogens (primary N) is 3. The third-order valence-electron chi connectivity index (χ3n) is 1.05. The first kappa shape index (κ1) is 9.73. The van der Waals surface area contributed by atoms with Gasteiger partial charge in [-0.15, -0.1) is 0 Å². The Morgan fingerprint density at radius 2 is 2.18 bits per heavy atom. The molecule has 0 saturated heterocycles. The number of primary amides is 1. The topological polar surface area (TPSA) is 119 Å². The number of carbonyl (C=O) groups excluding carboxylic acids is 1. The summed E-state index contributed by atoms with van der Waals surface area (Å²) < 4.78 is 0. The maximum Gasteiger partial charge on any atom is 0.238 e. The van der Waals surface area contributed by atoms with Gasteiger partial charge in [0, 0.05) is 6.20 Å². The Hall–Kier alpha value is -1.27. The Morgan fingerprint density at radius 3 is 2.45 bits per heavy atom. The minimum absolute atomic E-state index is 0.163. The van der Waals surface area contributed by atoms with Crippen molar-refractivity contribution < 1.29 is 9.90 Å². The van der Waals surface area contributed by atoms with Crippen molar-refractivity contribution in [3.8, 4) is 0 Å². The molecule has 0 aromatic carbocycles. The number of carbonyl (C=O) groups is 1. The molecule has 0 bridgehead atoms. The Labute approximate surface area is 64.2 Å². The van der Waals surface area contributed by atoms with Gasteiger partial charge in [-0.1, -0.05) is 0 Å². The van der Waals surface area contributed by atoms with Gasteiger partial charge in [-0.3, -0.25) is 4.79 Å². The molecule has 0 rings (SSSR count). The van der Waals surface area contributed by atoms with Gasteiger partial charge in [-0.25, -0.2) is 5.84 Å². The summed E-state index contributed by atoms with van der Waals surface area (Å²) >= 11 is 0. The lowest BCUT2D eigenvalue weighted by atomic mass is 10.4. The molecule has 0 atom stereocenters. The van der Waals surface area contributed by atoms with E-state index in [0.717, 1.165) is 11.2 Å². The number of hydrazine groups is 1. The van der Waals surface area contributed by atoms with Crippen LogP contribution in [0.15, 0.2) is 11.9 Å². The van der Waals surface area contributed by atoms with Gasteiger partial charge in [-0.05, 0) is 0 Å². The lowest BCUT2D eigenvalue weighted by Crippen LogP contribution is -2.39. The Morgan fingerprint density at radius 1 is 1.64 bits per heavy atom. The molecule has 6 heteroatoms. The first-order valence-corrected chi connectivity index (χ1v) is 2.94. The normalized spacial score (nSPS) is 11.3. The number of nitrogens with zero attached hydrogens (tertiary/aromatic N) is 1. The number of hydrogen-bond donors (Lipinski definition) is 4. The monoisotopic (exact) mass is 160 g/mol. The second kappa shape index (κ2) is 4.53. The van der Waals surface area contributed by atoms with Gasteiger partial charge in [0.2, 0.25) is 5.91 Å². The van der Waals surface area contributed by atoms with Gasteiger partial charge in [0.05, 0.1) is 12.3 Å². The molecular weight excluding hydrogens is 148 g/mol. The molecule has 0 aliphatic rings. The summed E-state index contributed by atoms with van der Waals surface area (Å²) in [6.45, 7) is -0.482. The highest BCUT2D eigenvalue weighted by molar-refractivity contribution is 5.76. The van der Waals surface area contributed by atoms with Crippen LogP contribution in [0, 0.1) is 0 Å². The zero-order valence-corrected chi connectivity index (χ0v) is 6.03. The first-order valence-electron chi connectivity index (χ1n) is 2.94. The smallest absolute Gasteiger partial charge is 0.238 e. The van der Waals surface area contributed by atoms with Crippen molar-refractivity contribution in [3.63, 3.8) is 0 Å². The van der Waals surface area contributed by atoms with Crippen LogP contribution in [0.3, 0.4) is 0 Å². The second-order valence-electron chi connectivity index (χ2n) is 1.91. The number of hydrogen-bond acceptors (Lipinski definition) is 5. The average molecular weight is 160 g/mol. The van der Waals surface area contributed by atoms with E-state index in [9.17, 15) is 4.79 Å². The third-order valence-corrected chi connectivity index (χ3v) is 1.05. The van der Waals surface area contributed by atoms with E-state index in [1.54, 1.807) is 0 Å². The molecule has 64 valence electrons. The van der Waals surface area contributed by atoms with E-state index in [4.69, 9.17) is 22.4 Å². The van der Waals surface area contributed by atoms with Gasteiger partial charge >= 0.3 is 0 Å². The van der Waals surface area contributed by atoms with Gasteiger partial charge in [-0.2, -0.15) is 0 Å². The summed E-state index contributed by atoms with van der Waals surface area (Å²) in [6.07, 6.45) is 1.11. The van der Waals surface area contributed by atoms with Gasteiger partial charge in [0.1, 0.15) is 6.54 Å². The van der Waals surface area contributed by atoms with Gasteiger partial charge in [0.25, 0.3) is 0 Å². The Balaban J connectivity index is 4.00. The first-order chi connectivity index (χ1) is 5.11. The standard InChI is InChI=1S/C5H12N4O2/c6-1-4(3-10)9(8)2-5(7)11/h1,10H,2-3,6,8H2,(H2,7,11)/b4-1-. The fourth-order valence-electron chi connectivity index (χ4n) is 0.509. The van der Waals surface area contributed by atoms with E-state index in [1.807, 2.05) is 0 Å². The molecule has 0 aromatic rings. The van der Waals surface area contributed by atoms with Crippen LogP contribution < -0.4 is 17.3 Å². The predicted octanol–water partition coefficient (Wildman–Crippen LogP) is -2.56. The summed E-state index contributed by atoms with van der Waals surface area (Å²) in [7, 11) is 0. The van der Waals surface area contributed by atoms with Crippen LogP contribution in [-0.4, -0.2) is 29.2 Å². The molecule has 0 unspecified atom stereocenters. The largest absolute Gasteiger partial charge is 0.403 e. The van der Waals surface area contributed by atoms with Crippen molar-refractivity contribution in [2.24, 2.45) is 17.3 Å². The van der Waals surface area contributed by atoms with Crippen LogP contribution in [0.25, 0.3) is 0 Å². The van der Waals surface area contributed by atoms with Crippen molar-refractivity contribution >= 4 is 5.91 Å². The molecule has 0 fully saturated rings. The number of aliphatic hydroxyl groups excluding tert-OH is 1. The van der Waals surface area contributed by atoms with Gasteiger partial charge < -0.3 is 21.6 Å². The third kappa shape index (κ3) is 3.43. The summed E-state index contributed by atoms with van der Waals surface area (Å²) in [4.78, 5) is 10.3. The molecule has 0 saturated carbocycles. The van der Waals surface area contributed by atoms with Crippen molar-refractivity contribution in [1.82, 2.24) is 5.01 Å². The SMILES string of the molecule is N/C=C(/CO)N(N)CC(N)=O. The van der Waals surface area contributed by atoms with E-state index < -0.39 is 5.91 Å². The highest BCUT2D eigenvalue weighted by Gasteiger charge is 2.05. The maximum atomic E-state index is 10.3. The lowest BCUT2D eigenvalue weighted by molar-refractivity contribution is -0.118. The van der Waals surface area contributed by atoms with Crippen LogP contribution in [0.5, 0.6) is 0 Å². The highest BCUT2D eigenvalue weighted by atomic mass is 16.3. The average Bonchev–Trinajstić information content (AvgIpc) is 1.88. The molecule has 1 amide bonds. The quantitative estimate of drug-likeness (QED) is 0.266. The zero-order valence-electron chi connectivity index (χ0n) is 6.03. The minimum Gasteiger partial charge on any atom is -0.403 e. The molecule has 11 heavy (non-hydrogen) atoms. The van der Waals surface area contributed by atoms with Crippen molar-refractivity contribution in [1.29, 1.82) is 0 Å². The zero-order chi connectivity index (χ0) is 8.85. The van der Waals surface area contributed by atoms with Gasteiger partial charge in [0.15, 0.2) is 0 Å². The van der Waals surface area contributed by atoms with E-state index in [-0.39, 0.29) is 18.8 Å². The summed E-state index contributed by atoms with van der Waals surface area (Å²) in [6, 6.07) is 0. The molecule has 6 nitrogen and oxygen atoms in total. The maximum absolute atomic E-state index is 10.3. The Kier molecular flexibility index (Phi) is 4.01. The molecule has 0 aliphatic carbocycles. The fraction of sp³-hybridized carbons (Fsp3) is 0.400. The van der Waals surface area contributed by atoms with Crippen LogP contribution in [0.2, 0.25) is 0 Å². The van der Waals surface area contributed by atoms with Crippen LogP contribution in [0.4, 0.5) is 0 Å². The summed E-state index contributed by atoms with van der Waals surface area (Å²) in [5.41, 5.74) is 10.1. The van der Waals surface area contributed by atoms with E-state index in [0.29, 0.717) is 0 Å². The number of aliphatic hydroxyl groups is 1. The van der Waals surface area contributed by atoms with Crippen LogP contribution >= 0.6 is 0 Å². The van der Waals surface area contributed by atoms with E-state index in [1.165, 1.54) is 0 Å². The highest BCUT2D eigenvalue weighted by Crippen LogP contribution is 1.92. The Bertz CT molecular complexity index is 168. The molecule has 0 spiro atoms. The number of amides is 1. The number of rotatable bonds is 4. The predicted molar refractivity (Wildman–Crippen MR) is 39.4 cm³/mol. The van der Waals surface area contributed by atoms with Crippen LogP contribution in [0.1, 0.15) is 0 Å². The molecule has 7 N–H and O–H groups in total. The van der Waals surface area contributed by atoms with Crippen LogP contribution in [-0.2, 0) is 4.79 Å². The lowest BCUT2D eigenvalue weighted by Gasteiger charge is -2.17. The van der Waals surface area contributed by atoms with E-state index >= 15 is 0 Å². The van der Waals surface area contributed by atoms with Crippen molar-refractivity contribution in [2.75, 3.05) is 13.2 Å². The second-order valence-corrected chi connectivity index (χ2v) is 1.91. The molecular formula is C5H12N4O2. The van der Waals surface area contributed by atoms with E-state index in [2.05, 4.69) is 0 Å². The minimum atomic E-state index is -0.583. The summed E-state index contributed by atoms with van der Waals surface area (Å²) in [5, 5.41) is 9.58. The molecule has 0 aromatic heterocycles.